The molecule has 1 aliphatic rings. The molecule has 1 aliphatic carbocycles. The van der Waals surface area contributed by atoms with Crippen LogP contribution in [0.5, 0.6) is 0 Å². The second kappa shape index (κ2) is 4.94. The Hall–Kier alpha value is -0.930. The van der Waals surface area contributed by atoms with E-state index in [0.717, 1.165) is 0 Å². The zero-order chi connectivity index (χ0) is 9.68. The number of halogens is 1. The minimum absolute atomic E-state index is 0.135. The third-order valence-electron chi connectivity index (χ3n) is 1.67. The second-order valence-electron chi connectivity index (χ2n) is 3.08. The van der Waals surface area contributed by atoms with Gasteiger partial charge in [-0.25, -0.2) is 4.39 Å². The first-order valence-corrected chi connectivity index (χ1v) is 4.32. The average molecular weight is 183 g/mol. The number of hydrogen-bond donors (Lipinski definition) is 2. The van der Waals surface area contributed by atoms with Crippen LogP contribution in [0.2, 0.25) is 0 Å². The number of hydrogen-bond acceptors (Lipinski definition) is 2. The topological polar surface area (TPSA) is 32.3 Å². The van der Waals surface area contributed by atoms with E-state index in [1.54, 1.807) is 19.1 Å². The molecule has 2 nitrogen and oxygen atoms in total. The molecular weight excluding hydrogens is 169 g/mol. The maximum atomic E-state index is 12.8. The van der Waals surface area contributed by atoms with Crippen LogP contribution in [0.1, 0.15) is 6.92 Å². The molecule has 0 bridgehead atoms. The van der Waals surface area contributed by atoms with Gasteiger partial charge in [-0.2, -0.15) is 0 Å². The predicted octanol–water partition coefficient (Wildman–Crippen LogP) is 1.30. The molecule has 0 fully saturated rings. The molecule has 2 atom stereocenters. The standard InChI is InChI=1S/C10H14FNO/c1-8(13)7-12-10-5-3-2-4-9(11)6-10/h2-6,8,10,12-13H,7H2,1H3. The van der Waals surface area contributed by atoms with Gasteiger partial charge in [0.2, 0.25) is 0 Å². The van der Waals surface area contributed by atoms with Crippen molar-refractivity contribution in [2.45, 2.75) is 19.1 Å². The Labute approximate surface area is 77.5 Å². The summed E-state index contributed by atoms with van der Waals surface area (Å²) in [5.41, 5.74) is 0. The lowest BCUT2D eigenvalue weighted by molar-refractivity contribution is 0.190. The van der Waals surface area contributed by atoms with Gasteiger partial charge in [-0.3, -0.25) is 0 Å². The molecule has 0 saturated heterocycles. The summed E-state index contributed by atoms with van der Waals surface area (Å²) in [7, 11) is 0. The molecule has 0 aliphatic heterocycles. The summed E-state index contributed by atoms with van der Waals surface area (Å²) in [5, 5.41) is 12.0. The molecule has 0 aromatic rings. The van der Waals surface area contributed by atoms with Crippen molar-refractivity contribution in [3.63, 3.8) is 0 Å². The zero-order valence-electron chi connectivity index (χ0n) is 7.57. The third kappa shape index (κ3) is 4.01. The van der Waals surface area contributed by atoms with E-state index in [1.165, 1.54) is 12.2 Å². The molecule has 0 radical (unpaired) electrons. The van der Waals surface area contributed by atoms with Crippen molar-refractivity contribution in [2.75, 3.05) is 6.54 Å². The fourth-order valence-electron chi connectivity index (χ4n) is 1.05. The highest BCUT2D eigenvalue weighted by Crippen LogP contribution is 2.06. The molecule has 72 valence electrons. The van der Waals surface area contributed by atoms with Crippen LogP contribution in [-0.4, -0.2) is 23.8 Å². The molecule has 13 heavy (non-hydrogen) atoms. The zero-order valence-corrected chi connectivity index (χ0v) is 7.57. The monoisotopic (exact) mass is 183 g/mol. The van der Waals surface area contributed by atoms with Gasteiger partial charge in [-0.15, -0.1) is 0 Å². The van der Waals surface area contributed by atoms with E-state index in [-0.39, 0.29) is 11.9 Å². The van der Waals surface area contributed by atoms with Gasteiger partial charge in [0.1, 0.15) is 5.83 Å². The van der Waals surface area contributed by atoms with E-state index < -0.39 is 6.10 Å². The van der Waals surface area contributed by atoms with Crippen LogP contribution in [-0.2, 0) is 0 Å². The summed E-state index contributed by atoms with van der Waals surface area (Å²) >= 11 is 0. The largest absolute Gasteiger partial charge is 0.392 e. The normalized spacial score (nSPS) is 23.9. The van der Waals surface area contributed by atoms with Gasteiger partial charge < -0.3 is 10.4 Å². The molecule has 0 aromatic carbocycles. The van der Waals surface area contributed by atoms with E-state index in [1.807, 2.05) is 6.08 Å². The van der Waals surface area contributed by atoms with Crippen molar-refractivity contribution >= 4 is 0 Å². The van der Waals surface area contributed by atoms with Crippen molar-refractivity contribution in [3.05, 3.63) is 36.2 Å². The van der Waals surface area contributed by atoms with Crippen LogP contribution >= 0.6 is 0 Å². The SMILES string of the molecule is CC(O)CNC1C=CC=CC(F)=C1. The Morgan fingerprint density at radius 1 is 1.62 bits per heavy atom. The number of nitrogens with one attached hydrogen (secondary N) is 1. The maximum Gasteiger partial charge on any atom is 0.121 e. The van der Waals surface area contributed by atoms with Gasteiger partial charge >= 0.3 is 0 Å². The van der Waals surface area contributed by atoms with Gasteiger partial charge in [0.15, 0.2) is 0 Å². The van der Waals surface area contributed by atoms with E-state index in [0.29, 0.717) is 6.54 Å². The smallest absolute Gasteiger partial charge is 0.121 e. The first kappa shape index (κ1) is 10.2. The summed E-state index contributed by atoms with van der Waals surface area (Å²) in [4.78, 5) is 0. The Bertz CT molecular complexity index is 243. The molecule has 0 heterocycles. The second-order valence-corrected chi connectivity index (χ2v) is 3.08. The van der Waals surface area contributed by atoms with Gasteiger partial charge in [-0.05, 0) is 19.1 Å². The maximum absolute atomic E-state index is 12.8. The third-order valence-corrected chi connectivity index (χ3v) is 1.67. The predicted molar refractivity (Wildman–Crippen MR) is 50.9 cm³/mol. The summed E-state index contributed by atoms with van der Waals surface area (Å²) in [6.45, 7) is 2.14. The van der Waals surface area contributed by atoms with Crippen LogP contribution in [0.25, 0.3) is 0 Å². The Balaban J connectivity index is 2.46. The highest BCUT2D eigenvalue weighted by atomic mass is 19.1. The van der Waals surface area contributed by atoms with Crippen LogP contribution in [0.4, 0.5) is 4.39 Å². The summed E-state index contributed by atoms with van der Waals surface area (Å²) < 4.78 is 12.8. The minimum Gasteiger partial charge on any atom is -0.392 e. The van der Waals surface area contributed by atoms with Crippen LogP contribution in [0.15, 0.2) is 36.2 Å². The van der Waals surface area contributed by atoms with Crippen molar-refractivity contribution in [3.8, 4) is 0 Å². The highest BCUT2D eigenvalue weighted by Gasteiger charge is 2.04. The van der Waals surface area contributed by atoms with Crippen molar-refractivity contribution in [1.29, 1.82) is 0 Å². The average Bonchev–Trinajstić information content (AvgIpc) is 2.26. The van der Waals surface area contributed by atoms with Crippen LogP contribution in [0, 0.1) is 0 Å². The fraction of sp³-hybridized carbons (Fsp3) is 0.400. The lowest BCUT2D eigenvalue weighted by atomic mass is 10.2. The summed E-state index contributed by atoms with van der Waals surface area (Å²) in [5.74, 6) is -0.256. The molecular formula is C10H14FNO. The fourth-order valence-corrected chi connectivity index (χ4v) is 1.05. The minimum atomic E-state index is -0.416. The first-order chi connectivity index (χ1) is 6.18. The van der Waals surface area contributed by atoms with Crippen molar-refractivity contribution in [2.24, 2.45) is 0 Å². The van der Waals surface area contributed by atoms with Crippen molar-refractivity contribution in [1.82, 2.24) is 5.32 Å². The van der Waals surface area contributed by atoms with Crippen molar-refractivity contribution < 1.29 is 9.50 Å². The molecule has 2 N–H and O–H groups in total. The lowest BCUT2D eigenvalue weighted by Crippen LogP contribution is -2.31. The number of allylic oxidation sites excluding steroid dienone is 4. The first-order valence-electron chi connectivity index (χ1n) is 4.32. The van der Waals surface area contributed by atoms with Crippen LogP contribution < -0.4 is 5.32 Å². The Kier molecular flexibility index (Phi) is 3.86. The van der Waals surface area contributed by atoms with E-state index in [9.17, 15) is 4.39 Å². The quantitative estimate of drug-likeness (QED) is 0.691. The van der Waals surface area contributed by atoms with Gasteiger partial charge in [0.05, 0.1) is 6.10 Å². The Morgan fingerprint density at radius 2 is 2.38 bits per heavy atom. The molecule has 0 amide bonds. The van der Waals surface area contributed by atoms with E-state index in [2.05, 4.69) is 5.32 Å². The number of aliphatic hydroxyl groups is 1. The molecule has 0 spiro atoms. The lowest BCUT2D eigenvalue weighted by Gasteiger charge is -2.11. The highest BCUT2D eigenvalue weighted by molar-refractivity contribution is 5.25. The molecule has 1 rings (SSSR count). The summed E-state index contributed by atoms with van der Waals surface area (Å²) in [6, 6.07) is -0.135. The summed E-state index contributed by atoms with van der Waals surface area (Å²) in [6.07, 6.45) is 7.73. The molecule has 0 aromatic heterocycles. The van der Waals surface area contributed by atoms with Gasteiger partial charge in [-0.1, -0.05) is 18.2 Å². The van der Waals surface area contributed by atoms with E-state index in [4.69, 9.17) is 5.11 Å². The van der Waals surface area contributed by atoms with Crippen LogP contribution in [0.3, 0.4) is 0 Å². The molecule has 0 saturated carbocycles. The van der Waals surface area contributed by atoms with Gasteiger partial charge in [0, 0.05) is 12.6 Å². The number of rotatable bonds is 3. The molecule has 2 unspecified atom stereocenters. The number of aliphatic hydroxyl groups excluding tert-OH is 1. The Morgan fingerprint density at radius 3 is 3.08 bits per heavy atom. The molecule has 3 heteroatoms. The van der Waals surface area contributed by atoms with E-state index >= 15 is 0 Å². The van der Waals surface area contributed by atoms with Gasteiger partial charge in [0.25, 0.3) is 0 Å².